The number of ether oxygens (including phenoxy) is 1. The van der Waals surface area contributed by atoms with E-state index in [1.54, 1.807) is 7.11 Å². The monoisotopic (exact) mass is 346 g/mol. The van der Waals surface area contributed by atoms with Gasteiger partial charge in [0, 0.05) is 0 Å². The van der Waals surface area contributed by atoms with E-state index in [2.05, 4.69) is 20.8 Å². The molecule has 25 heavy (non-hydrogen) atoms. The summed E-state index contributed by atoms with van der Waals surface area (Å²) in [6.07, 6.45) is 13.8. The fraction of sp³-hybridized carbons (Fsp3) is 0.913. The molecule has 4 aliphatic carbocycles. The third kappa shape index (κ3) is 2.87. The zero-order valence-corrected chi connectivity index (χ0v) is 16.8. The summed E-state index contributed by atoms with van der Waals surface area (Å²) in [5, 5.41) is 10.5. The van der Waals surface area contributed by atoms with Gasteiger partial charge in [-0.25, -0.2) is 0 Å². The molecule has 0 radical (unpaired) electrons. The zero-order chi connectivity index (χ0) is 17.8. The molecule has 0 aliphatic heterocycles. The Morgan fingerprint density at radius 1 is 0.960 bits per heavy atom. The summed E-state index contributed by atoms with van der Waals surface area (Å²) >= 11 is 0. The van der Waals surface area contributed by atoms with E-state index >= 15 is 0 Å². The minimum Gasteiger partial charge on any atom is -0.504 e. The first-order chi connectivity index (χ1) is 11.9. The maximum Gasteiger partial charge on any atom is 0.0816 e. The van der Waals surface area contributed by atoms with Crippen LogP contribution in [0.25, 0.3) is 0 Å². The number of aliphatic hydroxyl groups is 1. The molecule has 2 nitrogen and oxygen atoms in total. The van der Waals surface area contributed by atoms with Crippen LogP contribution in [0.3, 0.4) is 0 Å². The average Bonchev–Trinajstić information content (AvgIpc) is 2.91. The summed E-state index contributed by atoms with van der Waals surface area (Å²) in [6, 6.07) is 0. The van der Waals surface area contributed by atoms with Gasteiger partial charge in [-0.2, -0.15) is 0 Å². The van der Waals surface area contributed by atoms with Gasteiger partial charge in [0.25, 0.3) is 0 Å². The van der Waals surface area contributed by atoms with Gasteiger partial charge < -0.3 is 9.84 Å². The lowest BCUT2D eigenvalue weighted by Crippen LogP contribution is -2.50. The topological polar surface area (TPSA) is 29.5 Å². The Morgan fingerprint density at radius 2 is 1.72 bits per heavy atom. The molecule has 0 aromatic heterocycles. The Labute approximate surface area is 154 Å². The number of hydrogen-bond acceptors (Lipinski definition) is 2. The lowest BCUT2D eigenvalue weighted by molar-refractivity contribution is -0.0978. The third-order valence-corrected chi connectivity index (χ3v) is 9.09. The Kier molecular flexibility index (Phi) is 4.50. The molecule has 1 N–H and O–H groups in total. The molecule has 4 fully saturated rings. The molecule has 4 rings (SSSR count). The Balaban J connectivity index is 1.54. The molecule has 8 atom stereocenters. The maximum absolute atomic E-state index is 10.5. The second kappa shape index (κ2) is 6.29. The van der Waals surface area contributed by atoms with E-state index < -0.39 is 5.60 Å². The predicted molar refractivity (Wildman–Crippen MR) is 102 cm³/mol. The van der Waals surface area contributed by atoms with Gasteiger partial charge in [0.15, 0.2) is 0 Å². The number of rotatable bonds is 2. The third-order valence-electron chi connectivity index (χ3n) is 9.09. The first-order valence-corrected chi connectivity index (χ1v) is 10.8. The van der Waals surface area contributed by atoms with Crippen LogP contribution >= 0.6 is 0 Å². The summed E-state index contributed by atoms with van der Waals surface area (Å²) in [5.41, 5.74) is 1.57. The molecule has 0 amide bonds. The highest BCUT2D eigenvalue weighted by Crippen LogP contribution is 2.65. The van der Waals surface area contributed by atoms with Crippen LogP contribution in [0, 0.1) is 40.9 Å². The van der Waals surface area contributed by atoms with Gasteiger partial charge in [0.05, 0.1) is 19.0 Å². The van der Waals surface area contributed by atoms with Crippen molar-refractivity contribution in [2.45, 2.75) is 84.2 Å². The first-order valence-electron chi connectivity index (χ1n) is 10.8. The second-order valence-corrected chi connectivity index (χ2v) is 10.4. The second-order valence-electron chi connectivity index (χ2n) is 10.4. The molecule has 142 valence electrons. The lowest BCUT2D eigenvalue weighted by Gasteiger charge is -2.57. The minimum absolute atomic E-state index is 0.391. The van der Waals surface area contributed by atoms with Crippen molar-refractivity contribution in [1.82, 2.24) is 0 Å². The molecule has 4 saturated carbocycles. The molecule has 0 bridgehead atoms. The Bertz CT molecular complexity index is 536. The standard InChI is InChI=1S/C23H38O2/c1-15(14-25-4)20-7-8-21-19-6-5-16-13-22(2,24)11-9-17(16)18(19)10-12-23(20,21)3/h14,16-21,24H,5-13H2,1-4H3/b15-14-/t16-,17+,18-,19-,20-,21+,22-,23-/m1/s1. The smallest absolute Gasteiger partial charge is 0.0816 e. The van der Waals surface area contributed by atoms with Crippen LogP contribution in [-0.4, -0.2) is 17.8 Å². The average molecular weight is 347 g/mol. The maximum atomic E-state index is 10.5. The van der Waals surface area contributed by atoms with E-state index in [4.69, 9.17) is 4.74 Å². The summed E-state index contributed by atoms with van der Waals surface area (Å²) in [5.74, 6) is 5.23. The normalized spacial score (nSPS) is 52.9. The highest BCUT2D eigenvalue weighted by Gasteiger charge is 2.57. The van der Waals surface area contributed by atoms with E-state index in [-0.39, 0.29) is 0 Å². The molecule has 0 saturated heterocycles. The first kappa shape index (κ1) is 17.9. The highest BCUT2D eigenvalue weighted by atomic mass is 16.5. The summed E-state index contributed by atoms with van der Waals surface area (Å²) in [6.45, 7) is 6.95. The van der Waals surface area contributed by atoms with Crippen molar-refractivity contribution in [3.05, 3.63) is 11.8 Å². The van der Waals surface area contributed by atoms with Crippen LogP contribution < -0.4 is 0 Å². The van der Waals surface area contributed by atoms with Crippen molar-refractivity contribution in [2.24, 2.45) is 40.9 Å². The van der Waals surface area contributed by atoms with Crippen molar-refractivity contribution in [1.29, 1.82) is 0 Å². The molecular weight excluding hydrogens is 308 g/mol. The lowest BCUT2D eigenvalue weighted by atomic mass is 9.49. The van der Waals surface area contributed by atoms with Gasteiger partial charge in [0.1, 0.15) is 0 Å². The van der Waals surface area contributed by atoms with E-state index in [1.807, 2.05) is 6.26 Å². The van der Waals surface area contributed by atoms with Crippen LogP contribution in [0.1, 0.15) is 78.6 Å². The van der Waals surface area contributed by atoms with Crippen molar-refractivity contribution in [2.75, 3.05) is 7.11 Å². The van der Waals surface area contributed by atoms with Crippen molar-refractivity contribution in [3.63, 3.8) is 0 Å². The molecule has 0 aromatic rings. The van der Waals surface area contributed by atoms with Gasteiger partial charge >= 0.3 is 0 Å². The fourth-order valence-electron chi connectivity index (χ4n) is 8.10. The quantitative estimate of drug-likeness (QED) is 0.664. The molecule has 4 aliphatic rings. The van der Waals surface area contributed by atoms with Crippen molar-refractivity contribution < 1.29 is 9.84 Å². The van der Waals surface area contributed by atoms with E-state index in [0.29, 0.717) is 5.41 Å². The van der Waals surface area contributed by atoms with Gasteiger partial charge in [-0.3, -0.25) is 0 Å². The molecule has 2 heteroatoms. The van der Waals surface area contributed by atoms with E-state index in [0.717, 1.165) is 48.3 Å². The minimum atomic E-state index is -0.391. The van der Waals surface area contributed by atoms with Crippen LogP contribution in [0.4, 0.5) is 0 Å². The zero-order valence-electron chi connectivity index (χ0n) is 16.8. The van der Waals surface area contributed by atoms with Crippen molar-refractivity contribution in [3.8, 4) is 0 Å². The van der Waals surface area contributed by atoms with Crippen LogP contribution in [0.2, 0.25) is 0 Å². The summed E-state index contributed by atoms with van der Waals surface area (Å²) < 4.78 is 5.35. The van der Waals surface area contributed by atoms with E-state index in [9.17, 15) is 5.11 Å². The van der Waals surface area contributed by atoms with Crippen LogP contribution in [0.5, 0.6) is 0 Å². The molecule has 0 aromatic carbocycles. The van der Waals surface area contributed by atoms with Gasteiger partial charge in [0.2, 0.25) is 0 Å². The largest absolute Gasteiger partial charge is 0.504 e. The van der Waals surface area contributed by atoms with Crippen LogP contribution in [0.15, 0.2) is 11.8 Å². The van der Waals surface area contributed by atoms with Crippen LogP contribution in [-0.2, 0) is 4.74 Å². The van der Waals surface area contributed by atoms with Gasteiger partial charge in [-0.1, -0.05) is 6.92 Å². The molecule has 0 spiro atoms. The molecule has 0 unspecified atom stereocenters. The van der Waals surface area contributed by atoms with Crippen molar-refractivity contribution >= 4 is 0 Å². The number of methoxy groups -OCH3 is 1. The Morgan fingerprint density at radius 3 is 2.48 bits per heavy atom. The fourth-order valence-corrected chi connectivity index (χ4v) is 8.10. The number of hydrogen-bond donors (Lipinski definition) is 1. The van der Waals surface area contributed by atoms with Gasteiger partial charge in [-0.15, -0.1) is 0 Å². The molecule has 0 heterocycles. The van der Waals surface area contributed by atoms with Gasteiger partial charge in [-0.05, 0) is 118 Å². The summed E-state index contributed by atoms with van der Waals surface area (Å²) in [4.78, 5) is 0. The molecular formula is C23H38O2. The Hall–Kier alpha value is -0.500. The predicted octanol–water partition coefficient (Wildman–Crippen LogP) is 5.56. The van der Waals surface area contributed by atoms with E-state index in [1.165, 1.54) is 50.5 Å². The SMILES string of the molecule is CO/C=C(/C)[C@H]1CC[C@H]2[C@@H]3CC[C@@H]4C[C@](C)(O)CC[C@@H]4[C@H]3CC[C@]12C. The number of fused-ring (bicyclic) bond motifs is 5. The number of allylic oxidation sites excluding steroid dienone is 1. The highest BCUT2D eigenvalue weighted by molar-refractivity contribution is 5.15. The summed E-state index contributed by atoms with van der Waals surface area (Å²) in [7, 11) is 1.79.